The summed E-state index contributed by atoms with van der Waals surface area (Å²) >= 11 is 0. The van der Waals surface area contributed by atoms with Crippen LogP contribution in [0.5, 0.6) is 0 Å². The summed E-state index contributed by atoms with van der Waals surface area (Å²) in [6.45, 7) is 6.57. The van der Waals surface area contributed by atoms with Gasteiger partial charge in [-0.25, -0.2) is 0 Å². The normalized spacial score (nSPS) is 17.5. The number of hydrogen-bond donors (Lipinski definition) is 0. The third-order valence-corrected chi connectivity index (χ3v) is 3.56. The second-order valence-corrected chi connectivity index (χ2v) is 4.83. The maximum Gasteiger partial charge on any atom is 0.0635 e. The number of hydrogen-bond acceptors (Lipinski definition) is 3. The Morgan fingerprint density at radius 2 is 1.56 bits per heavy atom. The topological polar surface area (TPSA) is 30.3 Å². The Morgan fingerprint density at radius 1 is 0.944 bits per heavy atom. The Hall–Kier alpha value is -1.37. The van der Waals surface area contributed by atoms with Crippen molar-refractivity contribution in [3.63, 3.8) is 0 Å². The van der Waals surface area contributed by atoms with E-state index in [4.69, 9.17) is 5.26 Å². The Balaban J connectivity index is 1.66. The van der Waals surface area contributed by atoms with Crippen molar-refractivity contribution in [2.24, 2.45) is 0 Å². The fourth-order valence-electron chi connectivity index (χ4n) is 2.38. The summed E-state index contributed by atoms with van der Waals surface area (Å²) in [6, 6.07) is 12.9. The second kappa shape index (κ2) is 7.15. The smallest absolute Gasteiger partial charge is 0.0635 e. The van der Waals surface area contributed by atoms with Crippen molar-refractivity contribution in [1.29, 1.82) is 5.26 Å². The van der Waals surface area contributed by atoms with Gasteiger partial charge in [0.2, 0.25) is 0 Å². The van der Waals surface area contributed by atoms with E-state index in [2.05, 4.69) is 46.2 Å². The van der Waals surface area contributed by atoms with E-state index in [1.54, 1.807) is 0 Å². The Labute approximate surface area is 110 Å². The SMILES string of the molecule is N#CCCN1CCN(CCc2ccccc2)CC1. The minimum atomic E-state index is 0.657. The fourth-order valence-corrected chi connectivity index (χ4v) is 2.38. The maximum atomic E-state index is 8.57. The van der Waals surface area contributed by atoms with Crippen LogP contribution in [0, 0.1) is 11.3 Å². The number of piperazine rings is 1. The molecule has 1 aromatic carbocycles. The largest absolute Gasteiger partial charge is 0.300 e. The van der Waals surface area contributed by atoms with Gasteiger partial charge >= 0.3 is 0 Å². The molecular formula is C15H21N3. The minimum Gasteiger partial charge on any atom is -0.300 e. The van der Waals surface area contributed by atoms with Crippen LogP contribution in [0.2, 0.25) is 0 Å². The zero-order valence-corrected chi connectivity index (χ0v) is 10.9. The Kier molecular flexibility index (Phi) is 5.19. The molecule has 0 radical (unpaired) electrons. The van der Waals surface area contributed by atoms with Crippen LogP contribution in [0.25, 0.3) is 0 Å². The van der Waals surface area contributed by atoms with Crippen LogP contribution in [0.4, 0.5) is 0 Å². The molecule has 0 aliphatic carbocycles. The van der Waals surface area contributed by atoms with Crippen molar-refractivity contribution in [3.05, 3.63) is 35.9 Å². The predicted molar refractivity (Wildman–Crippen MR) is 73.3 cm³/mol. The molecule has 1 saturated heterocycles. The highest BCUT2D eigenvalue weighted by atomic mass is 15.3. The molecule has 1 fully saturated rings. The molecule has 0 amide bonds. The third-order valence-electron chi connectivity index (χ3n) is 3.56. The van der Waals surface area contributed by atoms with Crippen LogP contribution < -0.4 is 0 Å². The molecule has 1 heterocycles. The van der Waals surface area contributed by atoms with Crippen LogP contribution in [-0.4, -0.2) is 49.1 Å². The molecule has 3 nitrogen and oxygen atoms in total. The zero-order chi connectivity index (χ0) is 12.6. The molecule has 1 aliphatic heterocycles. The zero-order valence-electron chi connectivity index (χ0n) is 10.9. The lowest BCUT2D eigenvalue weighted by Crippen LogP contribution is -2.47. The van der Waals surface area contributed by atoms with Gasteiger partial charge in [0.15, 0.2) is 0 Å². The van der Waals surface area contributed by atoms with Gasteiger partial charge in [0.1, 0.15) is 0 Å². The lowest BCUT2D eigenvalue weighted by Gasteiger charge is -2.34. The van der Waals surface area contributed by atoms with Gasteiger partial charge < -0.3 is 4.90 Å². The molecule has 96 valence electrons. The van der Waals surface area contributed by atoms with Gasteiger partial charge in [-0.15, -0.1) is 0 Å². The first-order valence-electron chi connectivity index (χ1n) is 6.74. The van der Waals surface area contributed by atoms with Crippen molar-refractivity contribution in [1.82, 2.24) is 9.80 Å². The van der Waals surface area contributed by atoms with Gasteiger partial charge in [0, 0.05) is 45.7 Å². The number of nitrogens with zero attached hydrogens (tertiary/aromatic N) is 3. The molecule has 3 heteroatoms. The van der Waals surface area contributed by atoms with Crippen LogP contribution in [-0.2, 0) is 6.42 Å². The van der Waals surface area contributed by atoms with Crippen LogP contribution >= 0.6 is 0 Å². The van der Waals surface area contributed by atoms with E-state index in [-0.39, 0.29) is 0 Å². The van der Waals surface area contributed by atoms with Gasteiger partial charge in [-0.05, 0) is 12.0 Å². The van der Waals surface area contributed by atoms with Gasteiger partial charge in [-0.2, -0.15) is 5.26 Å². The summed E-state index contributed by atoms with van der Waals surface area (Å²) in [5.74, 6) is 0. The van der Waals surface area contributed by atoms with E-state index >= 15 is 0 Å². The van der Waals surface area contributed by atoms with Crippen molar-refractivity contribution in [2.45, 2.75) is 12.8 Å². The first kappa shape index (κ1) is 13.1. The Bertz CT molecular complexity index is 374. The fraction of sp³-hybridized carbons (Fsp3) is 0.533. The molecule has 0 unspecified atom stereocenters. The molecule has 0 atom stereocenters. The molecule has 0 aromatic heterocycles. The first-order chi connectivity index (χ1) is 8.88. The molecular weight excluding hydrogens is 222 g/mol. The highest BCUT2D eigenvalue weighted by Crippen LogP contribution is 2.05. The molecule has 0 saturated carbocycles. The third kappa shape index (κ3) is 4.14. The van der Waals surface area contributed by atoms with Crippen LogP contribution in [0.15, 0.2) is 30.3 Å². The van der Waals surface area contributed by atoms with Crippen LogP contribution in [0.1, 0.15) is 12.0 Å². The monoisotopic (exact) mass is 243 g/mol. The average molecular weight is 243 g/mol. The van der Waals surface area contributed by atoms with Crippen molar-refractivity contribution in [3.8, 4) is 6.07 Å². The standard InChI is InChI=1S/C15H21N3/c16-8-4-9-17-11-13-18(14-12-17)10-7-15-5-2-1-3-6-15/h1-3,5-6H,4,7,9-14H2. The second-order valence-electron chi connectivity index (χ2n) is 4.83. The average Bonchev–Trinajstić information content (AvgIpc) is 2.45. The van der Waals surface area contributed by atoms with Gasteiger partial charge in [-0.1, -0.05) is 30.3 Å². The summed E-state index contributed by atoms with van der Waals surface area (Å²) in [7, 11) is 0. The van der Waals surface area contributed by atoms with E-state index in [1.165, 1.54) is 5.56 Å². The van der Waals surface area contributed by atoms with E-state index < -0.39 is 0 Å². The summed E-state index contributed by atoms with van der Waals surface area (Å²) in [6.07, 6.45) is 1.79. The molecule has 0 spiro atoms. The van der Waals surface area contributed by atoms with E-state index in [0.29, 0.717) is 6.42 Å². The van der Waals surface area contributed by atoms with Crippen molar-refractivity contribution in [2.75, 3.05) is 39.3 Å². The minimum absolute atomic E-state index is 0.657. The summed E-state index contributed by atoms with van der Waals surface area (Å²) in [5.41, 5.74) is 1.42. The van der Waals surface area contributed by atoms with Gasteiger partial charge in [0.05, 0.1) is 6.07 Å². The summed E-state index contributed by atoms with van der Waals surface area (Å²) in [5, 5.41) is 8.57. The molecule has 1 aromatic rings. The lowest BCUT2D eigenvalue weighted by atomic mass is 10.1. The quantitative estimate of drug-likeness (QED) is 0.789. The first-order valence-corrected chi connectivity index (χ1v) is 6.74. The Morgan fingerprint density at radius 3 is 2.17 bits per heavy atom. The lowest BCUT2D eigenvalue weighted by molar-refractivity contribution is 0.135. The van der Waals surface area contributed by atoms with Crippen LogP contribution in [0.3, 0.4) is 0 Å². The molecule has 0 bridgehead atoms. The summed E-state index contributed by atoms with van der Waals surface area (Å²) in [4.78, 5) is 4.91. The molecule has 1 aliphatic rings. The summed E-state index contributed by atoms with van der Waals surface area (Å²) < 4.78 is 0. The maximum absolute atomic E-state index is 8.57. The highest BCUT2D eigenvalue weighted by molar-refractivity contribution is 5.14. The van der Waals surface area contributed by atoms with Crippen molar-refractivity contribution < 1.29 is 0 Å². The van der Waals surface area contributed by atoms with Gasteiger partial charge in [-0.3, -0.25) is 4.90 Å². The van der Waals surface area contributed by atoms with E-state index in [1.807, 2.05) is 0 Å². The number of rotatable bonds is 5. The molecule has 0 N–H and O–H groups in total. The van der Waals surface area contributed by atoms with E-state index in [0.717, 1.165) is 45.7 Å². The van der Waals surface area contributed by atoms with Gasteiger partial charge in [0.25, 0.3) is 0 Å². The number of nitriles is 1. The molecule has 18 heavy (non-hydrogen) atoms. The van der Waals surface area contributed by atoms with E-state index in [9.17, 15) is 0 Å². The van der Waals surface area contributed by atoms with Crippen molar-refractivity contribution >= 4 is 0 Å². The predicted octanol–water partition coefficient (Wildman–Crippen LogP) is 1.76. The molecule has 2 rings (SSSR count). The number of benzene rings is 1. The highest BCUT2D eigenvalue weighted by Gasteiger charge is 2.15.